The minimum absolute atomic E-state index is 0.000925. The lowest BCUT2D eigenvalue weighted by Crippen LogP contribution is -2.42. The van der Waals surface area contributed by atoms with Gasteiger partial charge in [-0.05, 0) is 30.0 Å². The summed E-state index contributed by atoms with van der Waals surface area (Å²) in [5, 5.41) is 3.49. The lowest BCUT2D eigenvalue weighted by atomic mass is 10.0. The fraction of sp³-hybridized carbons (Fsp3) is 0.435. The summed E-state index contributed by atoms with van der Waals surface area (Å²) >= 11 is 1.85. The molecule has 1 N–H and O–H groups in total. The van der Waals surface area contributed by atoms with Crippen LogP contribution in [0.5, 0.6) is 0 Å². The van der Waals surface area contributed by atoms with Crippen molar-refractivity contribution >= 4 is 17.7 Å². The van der Waals surface area contributed by atoms with Crippen LogP contribution < -0.4 is 5.32 Å². The van der Waals surface area contributed by atoms with Crippen molar-refractivity contribution in [2.24, 2.45) is 5.92 Å². The van der Waals surface area contributed by atoms with E-state index in [2.05, 4.69) is 70.9 Å². The van der Waals surface area contributed by atoms with Crippen molar-refractivity contribution in [3.05, 3.63) is 71.8 Å². The predicted octanol–water partition coefficient (Wildman–Crippen LogP) is 3.20. The van der Waals surface area contributed by atoms with Gasteiger partial charge in [0.2, 0.25) is 5.91 Å². The molecule has 5 heteroatoms. The fourth-order valence-corrected chi connectivity index (χ4v) is 5.13. The lowest BCUT2D eigenvalue weighted by molar-refractivity contribution is -0.131. The zero-order valence-corrected chi connectivity index (χ0v) is 17.1. The third-order valence-electron chi connectivity index (χ3n) is 5.60. The fourth-order valence-electron chi connectivity index (χ4n) is 4.18. The summed E-state index contributed by atoms with van der Waals surface area (Å²) < 4.78 is 0. The number of thioether (sulfide) groups is 1. The third kappa shape index (κ3) is 5.16. The number of hydrogen-bond acceptors (Lipinski definition) is 4. The molecule has 0 aromatic heterocycles. The Morgan fingerprint density at radius 3 is 2.25 bits per heavy atom. The molecule has 0 spiro atoms. The molecule has 148 valence electrons. The first kappa shape index (κ1) is 19.5. The van der Waals surface area contributed by atoms with Gasteiger partial charge in [0.1, 0.15) is 0 Å². The summed E-state index contributed by atoms with van der Waals surface area (Å²) in [4.78, 5) is 17.2. The van der Waals surface area contributed by atoms with Crippen molar-refractivity contribution in [1.82, 2.24) is 15.1 Å². The van der Waals surface area contributed by atoms with Gasteiger partial charge in [0.25, 0.3) is 0 Å². The number of nitrogens with zero attached hydrogens (tertiary/aromatic N) is 2. The van der Waals surface area contributed by atoms with Gasteiger partial charge >= 0.3 is 0 Å². The quantitative estimate of drug-likeness (QED) is 0.781. The Balaban J connectivity index is 1.38. The van der Waals surface area contributed by atoms with Crippen molar-refractivity contribution in [3.63, 3.8) is 0 Å². The lowest BCUT2D eigenvalue weighted by Gasteiger charge is -2.26. The summed E-state index contributed by atoms with van der Waals surface area (Å²) in [7, 11) is 0. The zero-order valence-electron chi connectivity index (χ0n) is 16.3. The van der Waals surface area contributed by atoms with Gasteiger partial charge in [0.15, 0.2) is 0 Å². The highest BCUT2D eigenvalue weighted by Gasteiger charge is 2.34. The highest BCUT2D eigenvalue weighted by atomic mass is 32.2. The molecule has 2 aliphatic heterocycles. The predicted molar refractivity (Wildman–Crippen MR) is 116 cm³/mol. The van der Waals surface area contributed by atoms with Crippen LogP contribution in [0, 0.1) is 5.92 Å². The standard InChI is InChI=1S/C23H29N3OS/c27-23(26-11-12-28-18-26)22-13-21(14-24-22)17-25(15-19-7-3-1-4-8-19)16-20-9-5-2-6-10-20/h1-10,21-22,24H,11-18H2/t21-,22-/m0/s1. The molecule has 4 rings (SSSR count). The number of carbonyl (C=O) groups is 1. The monoisotopic (exact) mass is 395 g/mol. The molecule has 0 unspecified atom stereocenters. The topological polar surface area (TPSA) is 35.6 Å². The number of rotatable bonds is 7. The van der Waals surface area contributed by atoms with E-state index in [1.165, 1.54) is 11.1 Å². The zero-order chi connectivity index (χ0) is 19.2. The van der Waals surface area contributed by atoms with Crippen LogP contribution in [0.25, 0.3) is 0 Å². The smallest absolute Gasteiger partial charge is 0.240 e. The van der Waals surface area contributed by atoms with E-state index < -0.39 is 0 Å². The largest absolute Gasteiger partial charge is 0.331 e. The van der Waals surface area contributed by atoms with Crippen LogP contribution in [0.2, 0.25) is 0 Å². The molecule has 28 heavy (non-hydrogen) atoms. The molecule has 2 fully saturated rings. The first-order valence-corrected chi connectivity index (χ1v) is 11.3. The van der Waals surface area contributed by atoms with Gasteiger partial charge in [0, 0.05) is 31.9 Å². The van der Waals surface area contributed by atoms with Crippen molar-refractivity contribution < 1.29 is 4.79 Å². The van der Waals surface area contributed by atoms with Crippen molar-refractivity contribution in [3.8, 4) is 0 Å². The molecule has 0 bridgehead atoms. The van der Waals surface area contributed by atoms with Gasteiger partial charge < -0.3 is 10.2 Å². The van der Waals surface area contributed by atoms with Crippen LogP contribution in [0.15, 0.2) is 60.7 Å². The molecule has 2 atom stereocenters. The Labute approximate surface area is 172 Å². The van der Waals surface area contributed by atoms with E-state index in [9.17, 15) is 4.79 Å². The molecule has 2 saturated heterocycles. The van der Waals surface area contributed by atoms with Crippen molar-refractivity contribution in [2.75, 3.05) is 31.3 Å². The third-order valence-corrected chi connectivity index (χ3v) is 6.56. The average Bonchev–Trinajstić information content (AvgIpc) is 3.41. The van der Waals surface area contributed by atoms with E-state index in [0.29, 0.717) is 11.8 Å². The second-order valence-electron chi connectivity index (χ2n) is 7.84. The number of amides is 1. The Kier molecular flexibility index (Phi) is 6.68. The number of hydrogen-bond donors (Lipinski definition) is 1. The van der Waals surface area contributed by atoms with E-state index in [1.54, 1.807) is 0 Å². The van der Waals surface area contributed by atoms with Crippen molar-refractivity contribution in [2.45, 2.75) is 25.6 Å². The molecule has 2 heterocycles. The van der Waals surface area contributed by atoms with E-state index in [1.807, 2.05) is 16.7 Å². The molecule has 2 aliphatic rings. The normalized spacial score (nSPS) is 22.1. The van der Waals surface area contributed by atoms with E-state index in [-0.39, 0.29) is 6.04 Å². The second kappa shape index (κ2) is 9.59. The van der Waals surface area contributed by atoms with E-state index in [4.69, 9.17) is 0 Å². The van der Waals surface area contributed by atoms with Gasteiger partial charge in [-0.2, -0.15) is 0 Å². The van der Waals surface area contributed by atoms with Gasteiger partial charge in [-0.15, -0.1) is 11.8 Å². The number of nitrogens with one attached hydrogen (secondary N) is 1. The molecular formula is C23H29N3OS. The summed E-state index contributed by atoms with van der Waals surface area (Å²) in [6.45, 7) is 4.72. The van der Waals surface area contributed by atoms with E-state index in [0.717, 1.165) is 50.8 Å². The molecule has 1 amide bonds. The Bertz CT molecular complexity index is 707. The molecule has 4 nitrogen and oxygen atoms in total. The first-order valence-electron chi connectivity index (χ1n) is 10.2. The highest BCUT2D eigenvalue weighted by Crippen LogP contribution is 2.22. The maximum absolute atomic E-state index is 12.7. The summed E-state index contributed by atoms with van der Waals surface area (Å²) in [5.74, 6) is 2.74. The summed E-state index contributed by atoms with van der Waals surface area (Å²) in [6.07, 6.45) is 0.945. The SMILES string of the molecule is O=C([C@@H]1C[C@H](CN(Cc2ccccc2)Cc2ccccc2)CN1)N1CCSC1. The highest BCUT2D eigenvalue weighted by molar-refractivity contribution is 7.99. The molecule has 0 aliphatic carbocycles. The average molecular weight is 396 g/mol. The maximum Gasteiger partial charge on any atom is 0.240 e. The van der Waals surface area contributed by atoms with Crippen LogP contribution in [0.3, 0.4) is 0 Å². The van der Waals surface area contributed by atoms with Crippen LogP contribution in [0.4, 0.5) is 0 Å². The summed E-state index contributed by atoms with van der Waals surface area (Å²) in [6, 6.07) is 21.4. The minimum atomic E-state index is -0.000925. The second-order valence-corrected chi connectivity index (χ2v) is 8.92. The van der Waals surface area contributed by atoms with Crippen LogP contribution >= 0.6 is 11.8 Å². The molecule has 2 aromatic carbocycles. The number of carbonyl (C=O) groups excluding carboxylic acids is 1. The van der Waals surface area contributed by atoms with Crippen LogP contribution in [0.1, 0.15) is 17.5 Å². The van der Waals surface area contributed by atoms with Crippen molar-refractivity contribution in [1.29, 1.82) is 0 Å². The van der Waals surface area contributed by atoms with Gasteiger partial charge in [-0.1, -0.05) is 60.7 Å². The van der Waals surface area contributed by atoms with Gasteiger partial charge in [-0.3, -0.25) is 9.69 Å². The molecule has 0 saturated carbocycles. The minimum Gasteiger partial charge on any atom is -0.331 e. The van der Waals surface area contributed by atoms with Crippen LogP contribution in [-0.4, -0.2) is 53.0 Å². The molecular weight excluding hydrogens is 366 g/mol. The Morgan fingerprint density at radius 2 is 1.68 bits per heavy atom. The van der Waals surface area contributed by atoms with Gasteiger partial charge in [0.05, 0.1) is 11.9 Å². The van der Waals surface area contributed by atoms with E-state index >= 15 is 0 Å². The maximum atomic E-state index is 12.7. The summed E-state index contributed by atoms with van der Waals surface area (Å²) in [5.41, 5.74) is 2.68. The van der Waals surface area contributed by atoms with Crippen LogP contribution in [-0.2, 0) is 17.9 Å². The molecule has 2 aromatic rings. The Hall–Kier alpha value is -1.82. The van der Waals surface area contributed by atoms with Gasteiger partial charge in [-0.25, -0.2) is 0 Å². The first-order chi connectivity index (χ1) is 13.8. The Morgan fingerprint density at radius 1 is 1.04 bits per heavy atom. The number of benzene rings is 2. The molecule has 0 radical (unpaired) electrons.